The predicted molar refractivity (Wildman–Crippen MR) is 154 cm³/mol. The molecule has 10 heteroatoms. The Morgan fingerprint density at radius 3 is 2.40 bits per heavy atom. The third-order valence-electron chi connectivity index (χ3n) is 7.00. The Morgan fingerprint density at radius 1 is 1.05 bits per heavy atom. The average molecular weight is 563 g/mol. The zero-order chi connectivity index (χ0) is 28.3. The number of nitrogens with zero attached hydrogens (tertiary/aromatic N) is 2. The third-order valence-corrected chi connectivity index (χ3v) is 7.77. The number of alkyl carbamates (subject to hydrolysis) is 1. The number of piperidine rings is 1. The normalized spacial score (nSPS) is 16.6. The second-order valence-electron chi connectivity index (χ2n) is 11.1. The maximum absolute atomic E-state index is 12.5. The van der Waals surface area contributed by atoms with Crippen LogP contribution < -0.4 is 10.6 Å². The zero-order valence-corrected chi connectivity index (χ0v) is 23.8. The molecule has 1 aliphatic carbocycles. The van der Waals surface area contributed by atoms with E-state index in [1.807, 2.05) is 50.4 Å². The first-order chi connectivity index (χ1) is 19.2. The number of thiazole rings is 1. The Bertz CT molecular complexity index is 1350. The van der Waals surface area contributed by atoms with Crippen LogP contribution in [0, 0.1) is 0 Å². The molecule has 2 heterocycles. The maximum atomic E-state index is 12.5. The lowest BCUT2D eigenvalue weighted by molar-refractivity contribution is -0.115. The van der Waals surface area contributed by atoms with Crippen LogP contribution in [0.1, 0.15) is 62.3 Å². The van der Waals surface area contributed by atoms with Gasteiger partial charge in [-0.05, 0) is 55.9 Å². The van der Waals surface area contributed by atoms with Gasteiger partial charge in [-0.3, -0.25) is 4.79 Å². The Labute approximate surface area is 237 Å². The lowest BCUT2D eigenvalue weighted by atomic mass is 9.96. The van der Waals surface area contributed by atoms with Crippen molar-refractivity contribution in [3.63, 3.8) is 0 Å². The van der Waals surface area contributed by atoms with Crippen LogP contribution in [0.25, 0.3) is 11.1 Å². The van der Waals surface area contributed by atoms with Crippen LogP contribution in [-0.2, 0) is 14.3 Å². The number of hydrogen-bond acceptors (Lipinski definition) is 7. The smallest absolute Gasteiger partial charge is 0.410 e. The molecule has 5 rings (SSSR count). The number of benzene rings is 2. The molecule has 0 spiro atoms. The number of rotatable bonds is 6. The van der Waals surface area contributed by atoms with Crippen molar-refractivity contribution in [1.29, 1.82) is 0 Å². The molecule has 1 atom stereocenters. The molecule has 1 unspecified atom stereocenters. The number of ether oxygens (including phenoxy) is 2. The second-order valence-corrected chi connectivity index (χ2v) is 11.9. The molecule has 0 bridgehead atoms. The van der Waals surface area contributed by atoms with Gasteiger partial charge in [-0.2, -0.15) is 0 Å². The first-order valence-electron chi connectivity index (χ1n) is 13.5. The lowest BCUT2D eigenvalue weighted by Crippen LogP contribution is -2.42. The number of nitrogens with one attached hydrogen (secondary N) is 2. The van der Waals surface area contributed by atoms with E-state index in [1.54, 1.807) is 4.90 Å². The first-order valence-corrected chi connectivity index (χ1v) is 14.4. The Morgan fingerprint density at radius 2 is 1.73 bits per heavy atom. The summed E-state index contributed by atoms with van der Waals surface area (Å²) in [5, 5.41) is 7.61. The van der Waals surface area contributed by atoms with Gasteiger partial charge in [-0.15, -0.1) is 11.3 Å². The average Bonchev–Trinajstić information content (AvgIpc) is 3.52. The van der Waals surface area contributed by atoms with Crippen LogP contribution in [-0.4, -0.2) is 59.8 Å². The summed E-state index contributed by atoms with van der Waals surface area (Å²) in [6.45, 7) is 6.68. The minimum atomic E-state index is -0.652. The molecule has 1 saturated heterocycles. The van der Waals surface area contributed by atoms with Crippen LogP contribution in [0.3, 0.4) is 0 Å². The number of likely N-dealkylation sites (tertiary alicyclic amines) is 1. The van der Waals surface area contributed by atoms with Crippen molar-refractivity contribution in [2.75, 3.05) is 31.6 Å². The van der Waals surface area contributed by atoms with Crippen molar-refractivity contribution in [3.8, 4) is 11.1 Å². The van der Waals surface area contributed by atoms with Crippen molar-refractivity contribution in [2.45, 2.75) is 51.0 Å². The van der Waals surface area contributed by atoms with Crippen molar-refractivity contribution in [1.82, 2.24) is 15.2 Å². The van der Waals surface area contributed by atoms with E-state index < -0.39 is 17.6 Å². The standard InChI is InChI=1S/C30H34N4O5S/c1-30(2,3)39-29(37)34-14-8-9-19(16-34)25-18-40-27(32-25)33-26(35)15-31-28(36)38-17-24-22-12-6-4-10-20(22)21-11-5-7-13-23(21)24/h4-7,10-13,18-19,24H,8-9,14-17H2,1-3H3,(H,31,36)(H,32,33,35). The lowest BCUT2D eigenvalue weighted by Gasteiger charge is -2.33. The number of hydrogen-bond donors (Lipinski definition) is 2. The van der Waals surface area contributed by atoms with Crippen LogP contribution >= 0.6 is 11.3 Å². The van der Waals surface area contributed by atoms with Crippen LogP contribution in [0.2, 0.25) is 0 Å². The van der Waals surface area contributed by atoms with Gasteiger partial charge in [0.15, 0.2) is 5.13 Å². The minimum Gasteiger partial charge on any atom is -0.449 e. The van der Waals surface area contributed by atoms with Gasteiger partial charge >= 0.3 is 12.2 Å². The molecule has 0 radical (unpaired) electrons. The predicted octanol–water partition coefficient (Wildman–Crippen LogP) is 5.73. The quantitative estimate of drug-likeness (QED) is 0.397. The summed E-state index contributed by atoms with van der Waals surface area (Å²) in [6, 6.07) is 16.2. The molecule has 3 amide bonds. The van der Waals surface area contributed by atoms with Gasteiger partial charge in [0.25, 0.3) is 0 Å². The highest BCUT2D eigenvalue weighted by molar-refractivity contribution is 7.13. The van der Waals surface area contributed by atoms with E-state index in [9.17, 15) is 14.4 Å². The highest BCUT2D eigenvalue weighted by Gasteiger charge is 2.30. The van der Waals surface area contributed by atoms with Crippen LogP contribution in [0.15, 0.2) is 53.9 Å². The highest BCUT2D eigenvalue weighted by atomic mass is 32.1. The largest absolute Gasteiger partial charge is 0.449 e. The fourth-order valence-corrected chi connectivity index (χ4v) is 6.02. The molecule has 2 N–H and O–H groups in total. The monoisotopic (exact) mass is 562 g/mol. The molecule has 2 aromatic carbocycles. The van der Waals surface area contributed by atoms with E-state index in [0.29, 0.717) is 18.2 Å². The number of fused-ring (bicyclic) bond motifs is 3. The van der Waals surface area contributed by atoms with E-state index in [1.165, 1.54) is 11.3 Å². The summed E-state index contributed by atoms with van der Waals surface area (Å²) in [4.78, 5) is 43.6. The zero-order valence-electron chi connectivity index (χ0n) is 22.9. The molecule has 1 aromatic heterocycles. The van der Waals surface area contributed by atoms with Gasteiger partial charge in [0.1, 0.15) is 18.8 Å². The Balaban J connectivity index is 1.09. The molecule has 1 aliphatic heterocycles. The van der Waals surface area contributed by atoms with Crippen LogP contribution in [0.5, 0.6) is 0 Å². The molecule has 40 heavy (non-hydrogen) atoms. The van der Waals surface area contributed by atoms with Crippen molar-refractivity contribution in [2.24, 2.45) is 0 Å². The number of aromatic nitrogens is 1. The Hall–Kier alpha value is -3.92. The van der Waals surface area contributed by atoms with Gasteiger partial charge in [0.05, 0.1) is 5.69 Å². The van der Waals surface area contributed by atoms with E-state index in [4.69, 9.17) is 9.47 Å². The number of carbonyl (C=O) groups excluding carboxylic acids is 3. The summed E-state index contributed by atoms with van der Waals surface area (Å²) in [7, 11) is 0. The summed E-state index contributed by atoms with van der Waals surface area (Å²) in [5.74, 6) is -0.373. The van der Waals surface area contributed by atoms with Gasteiger partial charge in [-0.25, -0.2) is 14.6 Å². The Kier molecular flexibility index (Phi) is 8.07. The fraction of sp³-hybridized carbons (Fsp3) is 0.400. The van der Waals surface area contributed by atoms with Gasteiger partial charge in [0.2, 0.25) is 5.91 Å². The molecule has 9 nitrogen and oxygen atoms in total. The number of amides is 3. The SMILES string of the molecule is CC(C)(C)OC(=O)N1CCCC(c2csc(NC(=O)CNC(=O)OCC3c4ccccc4-c4ccccc43)n2)C1. The topological polar surface area (TPSA) is 110 Å². The summed E-state index contributed by atoms with van der Waals surface area (Å²) in [6.07, 6.45) is 0.786. The molecular formula is C30H34N4O5S. The second kappa shape index (κ2) is 11.7. The number of anilines is 1. The summed E-state index contributed by atoms with van der Waals surface area (Å²) < 4.78 is 11.0. The molecule has 210 valence electrons. The molecule has 0 saturated carbocycles. The van der Waals surface area contributed by atoms with E-state index in [-0.39, 0.29) is 31.1 Å². The van der Waals surface area contributed by atoms with Gasteiger partial charge in [0, 0.05) is 30.3 Å². The van der Waals surface area contributed by atoms with Crippen molar-refractivity contribution >= 4 is 34.6 Å². The van der Waals surface area contributed by atoms with E-state index in [2.05, 4.69) is 39.9 Å². The molecule has 1 fully saturated rings. The van der Waals surface area contributed by atoms with Crippen molar-refractivity contribution < 1.29 is 23.9 Å². The summed E-state index contributed by atoms with van der Waals surface area (Å²) >= 11 is 1.32. The fourth-order valence-electron chi connectivity index (χ4n) is 5.21. The molecule has 3 aromatic rings. The highest BCUT2D eigenvalue weighted by Crippen LogP contribution is 2.44. The van der Waals surface area contributed by atoms with Crippen molar-refractivity contribution in [3.05, 3.63) is 70.7 Å². The number of carbonyl (C=O) groups is 3. The molecular weight excluding hydrogens is 528 g/mol. The van der Waals surface area contributed by atoms with Gasteiger partial charge < -0.3 is 25.0 Å². The van der Waals surface area contributed by atoms with Gasteiger partial charge in [-0.1, -0.05) is 48.5 Å². The molecule has 2 aliphatic rings. The summed E-state index contributed by atoms with van der Waals surface area (Å²) in [5.41, 5.74) is 4.84. The van der Waals surface area contributed by atoms with E-state index >= 15 is 0 Å². The third kappa shape index (κ3) is 6.44. The first kappa shape index (κ1) is 27.6. The van der Waals surface area contributed by atoms with E-state index in [0.717, 1.165) is 40.8 Å². The maximum Gasteiger partial charge on any atom is 0.410 e. The van der Waals surface area contributed by atoms with Crippen LogP contribution in [0.4, 0.5) is 14.7 Å². The minimum absolute atomic E-state index is 0.0493.